The van der Waals surface area contributed by atoms with Gasteiger partial charge in [0, 0.05) is 48.5 Å². The molecular weight excluding hydrogens is 451 g/mol. The van der Waals surface area contributed by atoms with Gasteiger partial charge in [0.15, 0.2) is 0 Å². The van der Waals surface area contributed by atoms with Crippen molar-refractivity contribution in [3.8, 4) is 5.69 Å². The maximum Gasteiger partial charge on any atom is 0.317 e. The Morgan fingerprint density at radius 3 is 2.56 bits per heavy atom. The molecule has 2 aromatic carbocycles. The Morgan fingerprint density at radius 1 is 1.15 bits per heavy atom. The highest BCUT2D eigenvalue weighted by Crippen LogP contribution is 2.36. The van der Waals surface area contributed by atoms with Crippen molar-refractivity contribution in [1.29, 1.82) is 0 Å². The van der Waals surface area contributed by atoms with Gasteiger partial charge in [-0.1, -0.05) is 24.6 Å². The number of carbonyl (C=O) groups excluding carboxylic acids is 1. The number of amides is 2. The van der Waals surface area contributed by atoms with Gasteiger partial charge in [-0.15, -0.1) is 0 Å². The number of rotatable bonds is 8. The van der Waals surface area contributed by atoms with Gasteiger partial charge in [-0.25, -0.2) is 9.18 Å². The predicted octanol–water partition coefficient (Wildman–Crippen LogP) is 6.04. The molecule has 1 aliphatic heterocycles. The molecule has 7 heteroatoms. The van der Waals surface area contributed by atoms with Gasteiger partial charge in [-0.2, -0.15) is 0 Å². The monoisotopic (exact) mass is 484 g/mol. The van der Waals surface area contributed by atoms with Crippen molar-refractivity contribution in [3.05, 3.63) is 65.1 Å². The summed E-state index contributed by atoms with van der Waals surface area (Å²) in [6.45, 7) is 9.19. The number of aromatic nitrogens is 1. The Bertz CT molecular complexity index is 1110. The summed E-state index contributed by atoms with van der Waals surface area (Å²) < 4.78 is 15.6. The standard InChI is InChI=1S/C27H34ClFN4O/c1-3-13-30-27(34)32(4-2)17-16-31-14-11-20(12-15-31)25-19-33(23-8-6-22(29)7-9-23)26-18-21(28)5-10-24(25)26/h5-10,18-20H,3-4,11-17H2,1-2H3,(H,30,34). The largest absolute Gasteiger partial charge is 0.338 e. The van der Waals surface area contributed by atoms with Gasteiger partial charge < -0.3 is 19.7 Å². The molecule has 0 radical (unpaired) electrons. The van der Waals surface area contributed by atoms with Crippen LogP contribution in [0.3, 0.4) is 0 Å². The van der Waals surface area contributed by atoms with Crippen LogP contribution in [0.25, 0.3) is 16.6 Å². The van der Waals surface area contributed by atoms with Gasteiger partial charge in [0.25, 0.3) is 0 Å². The van der Waals surface area contributed by atoms with Gasteiger partial charge in [-0.3, -0.25) is 0 Å². The Hall–Kier alpha value is -2.57. The first kappa shape index (κ1) is 24.6. The topological polar surface area (TPSA) is 40.5 Å². The molecule has 182 valence electrons. The molecule has 1 aliphatic rings. The van der Waals surface area contributed by atoms with E-state index in [1.807, 2.05) is 24.0 Å². The van der Waals surface area contributed by atoms with Crippen LogP contribution in [0.4, 0.5) is 9.18 Å². The molecule has 0 aliphatic carbocycles. The maximum atomic E-state index is 13.5. The molecule has 1 fully saturated rings. The van der Waals surface area contributed by atoms with Crippen LogP contribution >= 0.6 is 11.6 Å². The van der Waals surface area contributed by atoms with Crippen LogP contribution in [-0.4, -0.2) is 59.7 Å². The van der Waals surface area contributed by atoms with Gasteiger partial charge in [0.2, 0.25) is 0 Å². The Morgan fingerprint density at radius 2 is 1.88 bits per heavy atom. The normalized spacial score (nSPS) is 15.1. The fraction of sp³-hybridized carbons (Fsp3) is 0.444. The number of hydrogen-bond donors (Lipinski definition) is 1. The number of urea groups is 1. The second-order valence-corrected chi connectivity index (χ2v) is 9.46. The number of nitrogens with one attached hydrogen (secondary N) is 1. The number of benzene rings is 2. The van der Waals surface area contributed by atoms with E-state index in [0.29, 0.717) is 10.9 Å². The maximum absolute atomic E-state index is 13.5. The van der Waals surface area contributed by atoms with Crippen molar-refractivity contribution in [2.24, 2.45) is 0 Å². The third kappa shape index (κ3) is 5.56. The van der Waals surface area contributed by atoms with Gasteiger partial charge in [-0.05, 0) is 87.2 Å². The molecule has 1 aromatic heterocycles. The molecule has 1 N–H and O–H groups in total. The van der Waals surface area contributed by atoms with Crippen LogP contribution in [0.2, 0.25) is 5.02 Å². The molecule has 4 rings (SSSR count). The number of fused-ring (bicyclic) bond motifs is 1. The minimum absolute atomic E-state index is 0.0338. The first-order chi connectivity index (χ1) is 16.5. The van der Waals surface area contributed by atoms with E-state index in [0.717, 1.165) is 69.7 Å². The molecule has 0 spiro atoms. The summed E-state index contributed by atoms with van der Waals surface area (Å²) in [7, 11) is 0. The highest BCUT2D eigenvalue weighted by atomic mass is 35.5. The quantitative estimate of drug-likeness (QED) is 0.423. The van der Waals surface area contributed by atoms with E-state index in [2.05, 4.69) is 34.0 Å². The smallest absolute Gasteiger partial charge is 0.317 e. The van der Waals surface area contributed by atoms with Crippen LogP contribution in [0.1, 0.15) is 44.6 Å². The van der Waals surface area contributed by atoms with Crippen molar-refractivity contribution in [1.82, 2.24) is 19.7 Å². The van der Waals surface area contributed by atoms with Gasteiger partial charge >= 0.3 is 6.03 Å². The highest BCUT2D eigenvalue weighted by Gasteiger charge is 2.25. The number of halogens is 2. The lowest BCUT2D eigenvalue weighted by Crippen LogP contribution is -2.45. The lowest BCUT2D eigenvalue weighted by Gasteiger charge is -2.33. The molecular formula is C27H34ClFN4O. The first-order valence-corrected chi connectivity index (χ1v) is 12.7. The minimum Gasteiger partial charge on any atom is -0.338 e. The summed E-state index contributed by atoms with van der Waals surface area (Å²) in [5, 5.41) is 4.87. The predicted molar refractivity (Wildman–Crippen MR) is 138 cm³/mol. The molecule has 34 heavy (non-hydrogen) atoms. The van der Waals surface area contributed by atoms with E-state index in [1.165, 1.54) is 23.1 Å². The third-order valence-electron chi connectivity index (χ3n) is 6.81. The minimum atomic E-state index is -0.240. The molecule has 0 saturated carbocycles. The number of piperidine rings is 1. The fourth-order valence-electron chi connectivity index (χ4n) is 4.84. The Labute approximate surface area is 206 Å². The van der Waals surface area contributed by atoms with Crippen LogP contribution in [0.15, 0.2) is 48.7 Å². The average Bonchev–Trinajstić information content (AvgIpc) is 3.22. The number of carbonyl (C=O) groups is 1. The molecule has 0 atom stereocenters. The van der Waals surface area contributed by atoms with Crippen molar-refractivity contribution >= 4 is 28.5 Å². The zero-order chi connectivity index (χ0) is 24.1. The molecule has 2 heterocycles. The summed E-state index contributed by atoms with van der Waals surface area (Å²) >= 11 is 6.33. The van der Waals surface area contributed by atoms with Gasteiger partial charge in [0.1, 0.15) is 5.82 Å². The van der Waals surface area contributed by atoms with E-state index >= 15 is 0 Å². The van der Waals surface area contributed by atoms with E-state index in [4.69, 9.17) is 11.6 Å². The summed E-state index contributed by atoms with van der Waals surface area (Å²) in [5.74, 6) is 0.215. The fourth-order valence-corrected chi connectivity index (χ4v) is 5.01. The molecule has 3 aromatic rings. The van der Waals surface area contributed by atoms with E-state index in [1.54, 1.807) is 12.1 Å². The summed E-state index contributed by atoms with van der Waals surface area (Å²) in [4.78, 5) is 16.6. The summed E-state index contributed by atoms with van der Waals surface area (Å²) in [6, 6.07) is 12.7. The van der Waals surface area contributed by atoms with Crippen LogP contribution < -0.4 is 5.32 Å². The Balaban J connectivity index is 1.44. The second-order valence-electron chi connectivity index (χ2n) is 9.02. The summed E-state index contributed by atoms with van der Waals surface area (Å²) in [5.41, 5.74) is 3.30. The lowest BCUT2D eigenvalue weighted by atomic mass is 9.89. The van der Waals surface area contributed by atoms with Crippen molar-refractivity contribution in [2.45, 2.75) is 39.0 Å². The zero-order valence-electron chi connectivity index (χ0n) is 20.1. The second kappa shape index (κ2) is 11.2. The van der Waals surface area contributed by atoms with Crippen LogP contribution in [-0.2, 0) is 0 Å². The molecule has 2 amide bonds. The van der Waals surface area contributed by atoms with E-state index < -0.39 is 0 Å². The molecule has 5 nitrogen and oxygen atoms in total. The molecule has 0 bridgehead atoms. The number of likely N-dealkylation sites (N-methyl/N-ethyl adjacent to an activating group) is 1. The van der Waals surface area contributed by atoms with E-state index in [9.17, 15) is 9.18 Å². The zero-order valence-corrected chi connectivity index (χ0v) is 20.8. The van der Waals surface area contributed by atoms with Gasteiger partial charge in [0.05, 0.1) is 5.52 Å². The van der Waals surface area contributed by atoms with Crippen molar-refractivity contribution < 1.29 is 9.18 Å². The average molecular weight is 485 g/mol. The SMILES string of the molecule is CCCNC(=O)N(CC)CCN1CCC(c2cn(-c3ccc(F)cc3)c3cc(Cl)ccc23)CC1. The van der Waals surface area contributed by atoms with Crippen molar-refractivity contribution in [3.63, 3.8) is 0 Å². The highest BCUT2D eigenvalue weighted by molar-refractivity contribution is 6.31. The molecule has 1 saturated heterocycles. The third-order valence-corrected chi connectivity index (χ3v) is 7.05. The Kier molecular flexibility index (Phi) is 8.11. The summed E-state index contributed by atoms with van der Waals surface area (Å²) in [6.07, 6.45) is 5.28. The number of hydrogen-bond acceptors (Lipinski definition) is 2. The van der Waals surface area contributed by atoms with E-state index in [-0.39, 0.29) is 11.8 Å². The molecule has 0 unspecified atom stereocenters. The first-order valence-electron chi connectivity index (χ1n) is 12.3. The van der Waals surface area contributed by atoms with Crippen LogP contribution in [0.5, 0.6) is 0 Å². The van der Waals surface area contributed by atoms with Crippen LogP contribution in [0, 0.1) is 5.82 Å². The lowest BCUT2D eigenvalue weighted by molar-refractivity contribution is 0.170. The van der Waals surface area contributed by atoms with Crippen molar-refractivity contribution in [2.75, 3.05) is 39.3 Å². The number of likely N-dealkylation sites (tertiary alicyclic amines) is 1. The number of nitrogens with zero attached hydrogens (tertiary/aromatic N) is 3.